The van der Waals surface area contributed by atoms with Gasteiger partial charge >= 0.3 is 0 Å². The first-order valence-corrected chi connectivity index (χ1v) is 13.0. The molecule has 5 heteroatoms. The summed E-state index contributed by atoms with van der Waals surface area (Å²) in [7, 11) is 1.71. The topological polar surface area (TPSA) is 46.9 Å². The minimum Gasteiger partial charge on any atom is -0.497 e. The summed E-state index contributed by atoms with van der Waals surface area (Å²) in [6, 6.07) is 23.7. The fourth-order valence-corrected chi connectivity index (χ4v) is 5.97. The first kappa shape index (κ1) is 23.1. The average molecular weight is 483 g/mol. The van der Waals surface area contributed by atoms with Gasteiger partial charge in [0.15, 0.2) is 0 Å². The van der Waals surface area contributed by atoms with Crippen LogP contribution in [0.4, 0.5) is 0 Å². The first-order valence-electron chi connectivity index (χ1n) is 13.0. The minimum atomic E-state index is 0.180. The molecule has 2 aliphatic rings. The molecule has 0 unspecified atom stereocenters. The van der Waals surface area contributed by atoms with E-state index in [0.29, 0.717) is 0 Å². The molecule has 1 saturated heterocycles. The van der Waals surface area contributed by atoms with E-state index >= 15 is 0 Å². The molecule has 0 amide bonds. The molecule has 0 saturated carbocycles. The van der Waals surface area contributed by atoms with Crippen molar-refractivity contribution in [2.45, 2.75) is 50.9 Å². The summed E-state index contributed by atoms with van der Waals surface area (Å²) in [5, 5.41) is 11.1. The summed E-state index contributed by atoms with van der Waals surface area (Å²) >= 11 is 0. The van der Waals surface area contributed by atoms with Crippen LogP contribution >= 0.6 is 0 Å². The van der Waals surface area contributed by atoms with Crippen LogP contribution in [0, 0.1) is 0 Å². The highest BCUT2D eigenvalue weighted by molar-refractivity contribution is 5.85. The smallest absolute Gasteiger partial charge is 0.120 e. The molecule has 1 atom stereocenters. The standard InChI is InChI=1S/C31H34N2O3/c1-35-27-10-4-6-22(14-27)18-33-20-25(19-32-13-5-9-26(32)21-34)30-17-28(11-12-31(30)33)36-29-15-23-7-2-3-8-24(23)16-29/h2-4,6-8,10-12,14,17,20,26,29,34H,5,9,13,15-16,18-19,21H2,1H3/t26-/m0/s1. The molecule has 2 heterocycles. The number of aliphatic hydroxyl groups is 1. The summed E-state index contributed by atoms with van der Waals surface area (Å²) in [4.78, 5) is 2.42. The van der Waals surface area contributed by atoms with Crippen LogP contribution in [-0.4, -0.2) is 47.0 Å². The molecule has 1 aliphatic carbocycles. The van der Waals surface area contributed by atoms with Crippen molar-refractivity contribution in [3.63, 3.8) is 0 Å². The van der Waals surface area contributed by atoms with E-state index in [2.05, 4.69) is 70.3 Å². The number of aromatic nitrogens is 1. The lowest BCUT2D eigenvalue weighted by molar-refractivity contribution is 0.154. The SMILES string of the molecule is COc1cccc(Cn2cc(CN3CCC[C@H]3CO)c3cc(OC4Cc5ccccc5C4)ccc32)c1. The van der Waals surface area contributed by atoms with Gasteiger partial charge in [0.25, 0.3) is 0 Å². The van der Waals surface area contributed by atoms with E-state index in [0.717, 1.165) is 56.8 Å². The van der Waals surface area contributed by atoms with E-state index in [1.807, 2.05) is 12.1 Å². The third-order valence-electron chi connectivity index (χ3n) is 7.82. The molecule has 36 heavy (non-hydrogen) atoms. The number of aliphatic hydroxyl groups excluding tert-OH is 1. The molecule has 0 bridgehead atoms. The monoisotopic (exact) mass is 482 g/mol. The maximum Gasteiger partial charge on any atom is 0.120 e. The van der Waals surface area contributed by atoms with E-state index < -0.39 is 0 Å². The lowest BCUT2D eigenvalue weighted by atomic mass is 10.1. The molecule has 0 spiro atoms. The molecule has 5 nitrogen and oxygen atoms in total. The van der Waals surface area contributed by atoms with Crippen molar-refractivity contribution in [3.8, 4) is 11.5 Å². The zero-order chi connectivity index (χ0) is 24.5. The van der Waals surface area contributed by atoms with E-state index in [-0.39, 0.29) is 18.8 Å². The van der Waals surface area contributed by atoms with Crippen LogP contribution in [0.2, 0.25) is 0 Å². The zero-order valence-electron chi connectivity index (χ0n) is 20.9. The number of rotatable bonds is 8. The summed E-state index contributed by atoms with van der Waals surface area (Å²) < 4.78 is 14.3. The molecule has 4 aromatic rings. The van der Waals surface area contributed by atoms with Crippen LogP contribution in [-0.2, 0) is 25.9 Å². The van der Waals surface area contributed by atoms with Gasteiger partial charge in [0.2, 0.25) is 0 Å². The van der Waals surface area contributed by atoms with Gasteiger partial charge in [-0.15, -0.1) is 0 Å². The highest BCUT2D eigenvalue weighted by Gasteiger charge is 2.26. The van der Waals surface area contributed by atoms with Crippen molar-refractivity contribution in [1.82, 2.24) is 9.47 Å². The molecule has 1 fully saturated rings. The Bertz CT molecular complexity index is 1340. The second kappa shape index (κ2) is 10.00. The van der Waals surface area contributed by atoms with Crippen molar-refractivity contribution in [1.29, 1.82) is 0 Å². The number of benzene rings is 3. The first-order chi connectivity index (χ1) is 17.7. The van der Waals surface area contributed by atoms with Gasteiger partial charge in [-0.05, 0) is 72.0 Å². The van der Waals surface area contributed by atoms with Gasteiger partial charge < -0.3 is 19.1 Å². The van der Waals surface area contributed by atoms with Crippen LogP contribution in [0.5, 0.6) is 11.5 Å². The molecule has 1 N–H and O–H groups in total. The van der Waals surface area contributed by atoms with Crippen LogP contribution < -0.4 is 9.47 Å². The highest BCUT2D eigenvalue weighted by Crippen LogP contribution is 2.32. The molecule has 1 aliphatic heterocycles. The summed E-state index contributed by atoms with van der Waals surface area (Å²) in [6.07, 6.45) is 6.60. The van der Waals surface area contributed by atoms with E-state index in [4.69, 9.17) is 9.47 Å². The summed E-state index contributed by atoms with van der Waals surface area (Å²) in [5.74, 6) is 1.81. The van der Waals surface area contributed by atoms with Crippen molar-refractivity contribution in [2.75, 3.05) is 20.3 Å². The third-order valence-corrected chi connectivity index (χ3v) is 7.82. The molecule has 6 rings (SSSR count). The summed E-state index contributed by atoms with van der Waals surface area (Å²) in [5.41, 5.74) is 6.50. The van der Waals surface area contributed by atoms with Gasteiger partial charge in [-0.3, -0.25) is 4.90 Å². The predicted molar refractivity (Wildman–Crippen MR) is 143 cm³/mol. The zero-order valence-corrected chi connectivity index (χ0v) is 20.9. The van der Waals surface area contributed by atoms with Gasteiger partial charge in [-0.2, -0.15) is 0 Å². The second-order valence-corrected chi connectivity index (χ2v) is 10.2. The Morgan fingerprint density at radius 1 is 0.917 bits per heavy atom. The Hall–Kier alpha value is -3.28. The number of methoxy groups -OCH3 is 1. The Balaban J connectivity index is 1.31. The average Bonchev–Trinajstić information content (AvgIpc) is 3.61. The van der Waals surface area contributed by atoms with Crippen LogP contribution in [0.3, 0.4) is 0 Å². The van der Waals surface area contributed by atoms with Crippen LogP contribution in [0.15, 0.2) is 72.9 Å². The van der Waals surface area contributed by atoms with Crippen molar-refractivity contribution in [3.05, 3.63) is 95.2 Å². The largest absolute Gasteiger partial charge is 0.497 e. The van der Waals surface area contributed by atoms with Crippen LogP contribution in [0.1, 0.15) is 35.1 Å². The molecule has 1 aromatic heterocycles. The van der Waals surface area contributed by atoms with E-state index in [1.54, 1.807) is 7.11 Å². The fourth-order valence-electron chi connectivity index (χ4n) is 5.97. The highest BCUT2D eigenvalue weighted by atomic mass is 16.5. The Morgan fingerprint density at radius 2 is 1.75 bits per heavy atom. The maximum atomic E-state index is 9.88. The van der Waals surface area contributed by atoms with Gasteiger partial charge in [0.05, 0.1) is 13.7 Å². The van der Waals surface area contributed by atoms with Gasteiger partial charge in [-0.25, -0.2) is 0 Å². The number of nitrogens with zero attached hydrogens (tertiary/aromatic N) is 2. The number of hydrogen-bond donors (Lipinski definition) is 1. The summed E-state index contributed by atoms with van der Waals surface area (Å²) in [6.45, 7) is 2.86. The molecule has 3 aromatic carbocycles. The normalized spacial score (nSPS) is 18.1. The number of hydrogen-bond acceptors (Lipinski definition) is 4. The third kappa shape index (κ3) is 4.61. The molecular formula is C31H34N2O3. The predicted octanol–water partition coefficient (Wildman–Crippen LogP) is 5.20. The second-order valence-electron chi connectivity index (χ2n) is 10.2. The Kier molecular flexibility index (Phi) is 6.43. The molecule has 0 radical (unpaired) electrons. The van der Waals surface area contributed by atoms with Crippen molar-refractivity contribution < 1.29 is 14.6 Å². The number of ether oxygens (including phenoxy) is 2. The van der Waals surface area contributed by atoms with Crippen LogP contribution in [0.25, 0.3) is 10.9 Å². The Morgan fingerprint density at radius 3 is 2.53 bits per heavy atom. The van der Waals surface area contributed by atoms with E-state index in [1.165, 1.54) is 33.2 Å². The molecular weight excluding hydrogens is 448 g/mol. The van der Waals surface area contributed by atoms with Crippen molar-refractivity contribution >= 4 is 10.9 Å². The minimum absolute atomic E-state index is 0.180. The number of likely N-dealkylation sites (tertiary alicyclic amines) is 1. The Labute approximate surface area is 212 Å². The maximum absolute atomic E-state index is 9.88. The lowest BCUT2D eigenvalue weighted by Gasteiger charge is -2.22. The quantitative estimate of drug-likeness (QED) is 0.375. The van der Waals surface area contributed by atoms with E-state index in [9.17, 15) is 5.11 Å². The van der Waals surface area contributed by atoms with Gasteiger partial charge in [0, 0.05) is 49.1 Å². The van der Waals surface area contributed by atoms with Gasteiger partial charge in [-0.1, -0.05) is 36.4 Å². The van der Waals surface area contributed by atoms with Gasteiger partial charge in [0.1, 0.15) is 17.6 Å². The van der Waals surface area contributed by atoms with Crippen molar-refractivity contribution in [2.24, 2.45) is 0 Å². The fraction of sp³-hybridized carbons (Fsp3) is 0.355. The lowest BCUT2D eigenvalue weighted by Crippen LogP contribution is -2.31. The molecule has 186 valence electrons. The number of fused-ring (bicyclic) bond motifs is 2.